The Hall–Kier alpha value is -4.92. The molecule has 0 aliphatic rings. The normalized spacial score (nSPS) is 10.7. The van der Waals surface area contributed by atoms with E-state index < -0.39 is 0 Å². The molecule has 0 aliphatic carbocycles. The quantitative estimate of drug-likeness (QED) is 0.297. The van der Waals surface area contributed by atoms with E-state index in [4.69, 9.17) is 10.7 Å². The number of nitrogens with two attached hydrogens (primary N) is 1. The maximum Gasteiger partial charge on any atom is 0.323 e. The molecule has 3 aromatic heterocycles. The summed E-state index contributed by atoms with van der Waals surface area (Å²) >= 11 is 0. The average Bonchev–Trinajstić information content (AvgIpc) is 3.18. The highest BCUT2D eigenvalue weighted by Crippen LogP contribution is 2.31. The van der Waals surface area contributed by atoms with E-state index in [2.05, 4.69) is 25.9 Å². The lowest BCUT2D eigenvalue weighted by atomic mass is 10.2. The lowest BCUT2D eigenvalue weighted by Gasteiger charge is -2.10. The maximum absolute atomic E-state index is 12.2. The molecular formula is C25H22N8O. The molecule has 0 saturated heterocycles. The number of benzene rings is 2. The van der Waals surface area contributed by atoms with Crippen LogP contribution in [0, 0.1) is 6.92 Å². The van der Waals surface area contributed by atoms with Crippen molar-refractivity contribution in [2.75, 3.05) is 21.7 Å². The molecule has 0 radical (unpaired) electrons. The zero-order valence-corrected chi connectivity index (χ0v) is 18.4. The van der Waals surface area contributed by atoms with Gasteiger partial charge in [-0.1, -0.05) is 24.3 Å². The van der Waals surface area contributed by atoms with Crippen molar-refractivity contribution in [2.24, 2.45) is 0 Å². The van der Waals surface area contributed by atoms with Crippen LogP contribution < -0.4 is 21.7 Å². The number of para-hydroxylation sites is 1. The number of fused-ring (bicyclic) bond motifs is 1. The number of aryl methyl sites for hydroxylation is 1. The minimum absolute atomic E-state index is 0.314. The first-order valence-electron chi connectivity index (χ1n) is 10.6. The molecule has 0 fully saturated rings. The van der Waals surface area contributed by atoms with Crippen molar-refractivity contribution in [2.45, 2.75) is 6.92 Å². The van der Waals surface area contributed by atoms with Gasteiger partial charge in [0.2, 0.25) is 0 Å². The summed E-state index contributed by atoms with van der Waals surface area (Å²) in [6.45, 7) is 1.80. The van der Waals surface area contributed by atoms with Gasteiger partial charge >= 0.3 is 6.03 Å². The Labute approximate surface area is 195 Å². The zero-order valence-electron chi connectivity index (χ0n) is 18.4. The summed E-state index contributed by atoms with van der Waals surface area (Å²) in [6, 6.07) is 23.8. The van der Waals surface area contributed by atoms with Gasteiger partial charge in [-0.15, -0.1) is 0 Å². The maximum atomic E-state index is 12.2. The van der Waals surface area contributed by atoms with Crippen molar-refractivity contribution in [3.63, 3.8) is 0 Å². The van der Waals surface area contributed by atoms with Crippen LogP contribution >= 0.6 is 0 Å². The molecule has 9 heteroatoms. The van der Waals surface area contributed by atoms with E-state index in [0.29, 0.717) is 28.8 Å². The first kappa shape index (κ1) is 21.0. The molecule has 5 rings (SSSR count). The minimum atomic E-state index is -0.314. The molecular weight excluding hydrogens is 428 g/mol. The van der Waals surface area contributed by atoms with Gasteiger partial charge < -0.3 is 21.7 Å². The molecule has 0 atom stereocenters. The number of amides is 2. The molecule has 0 saturated carbocycles. The third-order valence-electron chi connectivity index (χ3n) is 5.07. The van der Waals surface area contributed by atoms with Crippen LogP contribution in [0.3, 0.4) is 0 Å². The predicted molar refractivity (Wildman–Crippen MR) is 134 cm³/mol. The summed E-state index contributed by atoms with van der Waals surface area (Å²) < 4.78 is 1.95. The number of pyridine rings is 1. The molecule has 5 N–H and O–H groups in total. The fourth-order valence-corrected chi connectivity index (χ4v) is 3.63. The summed E-state index contributed by atoms with van der Waals surface area (Å²) in [4.78, 5) is 25.7. The molecule has 0 spiro atoms. The second kappa shape index (κ2) is 8.91. The van der Waals surface area contributed by atoms with Crippen molar-refractivity contribution in [1.29, 1.82) is 0 Å². The number of aromatic nitrogens is 4. The number of imidazole rings is 1. The molecule has 3 heterocycles. The van der Waals surface area contributed by atoms with Gasteiger partial charge in [0.1, 0.15) is 23.0 Å². The zero-order chi connectivity index (χ0) is 23.5. The highest BCUT2D eigenvalue weighted by Gasteiger charge is 2.17. The Bertz CT molecular complexity index is 1440. The lowest BCUT2D eigenvalue weighted by molar-refractivity contribution is 0.262. The number of nitrogens with one attached hydrogen (secondary N) is 3. The minimum Gasteiger partial charge on any atom is -0.384 e. The van der Waals surface area contributed by atoms with Crippen LogP contribution in [-0.2, 0) is 0 Å². The van der Waals surface area contributed by atoms with E-state index in [1.54, 1.807) is 13.0 Å². The van der Waals surface area contributed by atoms with Gasteiger partial charge in [0.25, 0.3) is 0 Å². The number of nitrogen functional groups attached to an aromatic ring is 1. The Balaban J connectivity index is 1.39. The number of nitrogens with zero attached hydrogens (tertiary/aromatic N) is 4. The summed E-state index contributed by atoms with van der Waals surface area (Å²) in [5, 5.41) is 8.98. The number of anilines is 5. The van der Waals surface area contributed by atoms with Crippen molar-refractivity contribution in [3.05, 3.63) is 90.9 Å². The topological polar surface area (TPSA) is 122 Å². The third-order valence-corrected chi connectivity index (χ3v) is 5.07. The summed E-state index contributed by atoms with van der Waals surface area (Å²) in [5.41, 5.74) is 10.4. The van der Waals surface area contributed by atoms with Gasteiger partial charge in [0, 0.05) is 29.3 Å². The first-order chi connectivity index (χ1) is 16.5. The highest BCUT2D eigenvalue weighted by molar-refractivity contribution is 5.99. The molecule has 0 aliphatic heterocycles. The average molecular weight is 451 g/mol. The van der Waals surface area contributed by atoms with E-state index in [0.717, 1.165) is 22.7 Å². The SMILES string of the molecule is Cc1nc(N)cc(-c2c(Nc3ccc(NC(=O)Nc4ccccc4)cc3)nc3ccccn23)n1. The lowest BCUT2D eigenvalue weighted by Crippen LogP contribution is -2.19. The second-order valence-electron chi connectivity index (χ2n) is 7.61. The molecule has 2 amide bonds. The fraction of sp³-hybridized carbons (Fsp3) is 0.0400. The first-order valence-corrected chi connectivity index (χ1v) is 10.6. The van der Waals surface area contributed by atoms with E-state index in [9.17, 15) is 4.79 Å². The van der Waals surface area contributed by atoms with E-state index in [1.165, 1.54) is 0 Å². The van der Waals surface area contributed by atoms with E-state index in [1.807, 2.05) is 83.4 Å². The van der Waals surface area contributed by atoms with E-state index in [-0.39, 0.29) is 6.03 Å². The molecule has 0 bridgehead atoms. The number of hydrogen-bond acceptors (Lipinski definition) is 6. The smallest absolute Gasteiger partial charge is 0.323 e. The van der Waals surface area contributed by atoms with Crippen molar-refractivity contribution in [1.82, 2.24) is 19.4 Å². The predicted octanol–water partition coefficient (Wildman–Crippen LogP) is 5.07. The standard InChI is InChI=1S/C25H22N8O/c1-16-27-20(15-21(26)28-16)23-24(32-22-9-5-6-14-33(22)23)29-18-10-12-19(13-11-18)31-25(34)30-17-7-3-2-4-8-17/h2-15,29H,1H3,(H2,26,27,28)(H2,30,31,34). The van der Waals surface area contributed by atoms with Crippen LogP contribution in [0.15, 0.2) is 85.1 Å². The van der Waals surface area contributed by atoms with Crippen LogP contribution in [-0.4, -0.2) is 25.4 Å². The monoisotopic (exact) mass is 450 g/mol. The summed E-state index contributed by atoms with van der Waals surface area (Å²) in [5.74, 6) is 1.60. The van der Waals surface area contributed by atoms with Crippen LogP contribution in [0.2, 0.25) is 0 Å². The van der Waals surface area contributed by atoms with Crippen molar-refractivity contribution in [3.8, 4) is 11.4 Å². The summed E-state index contributed by atoms with van der Waals surface area (Å²) in [6.07, 6.45) is 1.93. The Morgan fingerprint density at radius 3 is 2.24 bits per heavy atom. The van der Waals surface area contributed by atoms with Gasteiger partial charge in [-0.25, -0.2) is 19.7 Å². The van der Waals surface area contributed by atoms with Gasteiger partial charge in [-0.05, 0) is 55.5 Å². The molecule has 9 nitrogen and oxygen atoms in total. The Kier molecular flexibility index (Phi) is 5.49. The number of rotatable bonds is 5. The third kappa shape index (κ3) is 4.49. The van der Waals surface area contributed by atoms with Crippen molar-refractivity contribution < 1.29 is 4.79 Å². The molecule has 5 aromatic rings. The van der Waals surface area contributed by atoms with E-state index >= 15 is 0 Å². The van der Waals surface area contributed by atoms with Crippen LogP contribution in [0.25, 0.3) is 17.0 Å². The van der Waals surface area contributed by atoms with Gasteiger partial charge in [0.15, 0.2) is 5.82 Å². The van der Waals surface area contributed by atoms with Crippen LogP contribution in [0.1, 0.15) is 5.82 Å². The fourth-order valence-electron chi connectivity index (χ4n) is 3.63. The van der Waals surface area contributed by atoms with Gasteiger partial charge in [0.05, 0.1) is 5.69 Å². The van der Waals surface area contributed by atoms with Crippen molar-refractivity contribution >= 4 is 40.4 Å². The molecule has 168 valence electrons. The van der Waals surface area contributed by atoms with Crippen LogP contribution in [0.4, 0.5) is 33.5 Å². The molecule has 2 aromatic carbocycles. The number of carbonyl (C=O) groups excluding carboxylic acids is 1. The van der Waals surface area contributed by atoms with Gasteiger partial charge in [-0.3, -0.25) is 4.40 Å². The Morgan fingerprint density at radius 2 is 1.50 bits per heavy atom. The highest BCUT2D eigenvalue weighted by atomic mass is 16.2. The Morgan fingerprint density at radius 1 is 0.824 bits per heavy atom. The largest absolute Gasteiger partial charge is 0.384 e. The second-order valence-corrected chi connectivity index (χ2v) is 7.61. The van der Waals surface area contributed by atoms with Gasteiger partial charge in [-0.2, -0.15) is 0 Å². The number of urea groups is 1. The number of hydrogen-bond donors (Lipinski definition) is 4. The molecule has 34 heavy (non-hydrogen) atoms. The van der Waals surface area contributed by atoms with Crippen LogP contribution in [0.5, 0.6) is 0 Å². The summed E-state index contributed by atoms with van der Waals surface area (Å²) in [7, 11) is 0. The number of carbonyl (C=O) groups is 1. The molecule has 0 unspecified atom stereocenters.